The Balaban J connectivity index is 2.79. The fraction of sp³-hybridized carbons (Fsp3) is 0.500. The van der Waals surface area contributed by atoms with E-state index in [0.717, 1.165) is 17.5 Å². The molecule has 0 aliphatic rings. The van der Waals surface area contributed by atoms with E-state index >= 15 is 0 Å². The number of amides is 2. The average molecular weight is 292 g/mol. The lowest BCUT2D eigenvalue weighted by Gasteiger charge is -2.19. The van der Waals surface area contributed by atoms with Crippen molar-refractivity contribution in [2.45, 2.75) is 41.0 Å². The molecule has 0 saturated carbocycles. The van der Waals surface area contributed by atoms with Gasteiger partial charge in [-0.05, 0) is 42.9 Å². The number of carbonyl (C=O) groups is 2. The number of hydrogen-bond acceptors (Lipinski definition) is 2. The topological polar surface area (TPSA) is 78.4 Å². The van der Waals surface area contributed by atoms with Crippen LogP contribution in [-0.4, -0.2) is 23.7 Å². The highest BCUT2D eigenvalue weighted by Gasteiger charge is 2.16. The maximum Gasteiger partial charge on any atom is 0.337 e. The maximum atomic E-state index is 11.9. The molecular formula is C16H24N2O3. The fourth-order valence-corrected chi connectivity index (χ4v) is 2.01. The molecule has 0 fully saturated rings. The Labute approximate surface area is 125 Å². The first-order valence-corrected chi connectivity index (χ1v) is 6.99. The lowest BCUT2D eigenvalue weighted by atomic mass is 9.92. The molecule has 0 aliphatic heterocycles. The van der Waals surface area contributed by atoms with Gasteiger partial charge in [0.15, 0.2) is 0 Å². The van der Waals surface area contributed by atoms with Crippen LogP contribution in [0.5, 0.6) is 0 Å². The molecular weight excluding hydrogens is 268 g/mol. The summed E-state index contributed by atoms with van der Waals surface area (Å²) in [5.74, 6) is -1.05. The SMILES string of the molecule is Cc1cc(C)c(NC(=O)NCCC(C)(C)C)c(C(=O)O)c1. The third kappa shape index (κ3) is 5.45. The molecule has 0 heterocycles. The Morgan fingerprint density at radius 2 is 1.81 bits per heavy atom. The van der Waals surface area contributed by atoms with Crippen molar-refractivity contribution < 1.29 is 14.7 Å². The highest BCUT2D eigenvalue weighted by atomic mass is 16.4. The lowest BCUT2D eigenvalue weighted by molar-refractivity contribution is 0.0698. The van der Waals surface area contributed by atoms with E-state index in [0.29, 0.717) is 12.2 Å². The molecule has 21 heavy (non-hydrogen) atoms. The quantitative estimate of drug-likeness (QED) is 0.794. The number of aromatic carboxylic acids is 1. The van der Waals surface area contributed by atoms with E-state index in [4.69, 9.17) is 0 Å². The first-order chi connectivity index (χ1) is 9.60. The summed E-state index contributed by atoms with van der Waals surface area (Å²) in [6.45, 7) is 10.4. The minimum absolute atomic E-state index is 0.110. The number of aryl methyl sites for hydroxylation is 2. The van der Waals surface area contributed by atoms with Gasteiger partial charge in [0.25, 0.3) is 0 Å². The zero-order valence-electron chi connectivity index (χ0n) is 13.3. The van der Waals surface area contributed by atoms with Crippen molar-refractivity contribution in [3.8, 4) is 0 Å². The summed E-state index contributed by atoms with van der Waals surface area (Å²) in [4.78, 5) is 23.2. The van der Waals surface area contributed by atoms with E-state index < -0.39 is 5.97 Å². The highest BCUT2D eigenvalue weighted by Crippen LogP contribution is 2.23. The number of nitrogens with one attached hydrogen (secondary N) is 2. The number of carbonyl (C=O) groups excluding carboxylic acids is 1. The van der Waals surface area contributed by atoms with Gasteiger partial charge in [0, 0.05) is 6.54 Å². The van der Waals surface area contributed by atoms with Gasteiger partial charge in [-0.3, -0.25) is 0 Å². The van der Waals surface area contributed by atoms with Gasteiger partial charge in [-0.2, -0.15) is 0 Å². The standard InChI is InChI=1S/C16H24N2O3/c1-10-8-11(2)13(12(9-10)14(19)20)18-15(21)17-7-6-16(3,4)5/h8-9H,6-7H2,1-5H3,(H,19,20)(H2,17,18,21). The van der Waals surface area contributed by atoms with Crippen LogP contribution in [0.3, 0.4) is 0 Å². The zero-order valence-corrected chi connectivity index (χ0v) is 13.3. The van der Waals surface area contributed by atoms with Crippen LogP contribution >= 0.6 is 0 Å². The van der Waals surface area contributed by atoms with Crippen LogP contribution in [0.15, 0.2) is 12.1 Å². The molecule has 0 aliphatic carbocycles. The van der Waals surface area contributed by atoms with Gasteiger partial charge < -0.3 is 15.7 Å². The Hall–Kier alpha value is -2.04. The van der Waals surface area contributed by atoms with Crippen molar-refractivity contribution in [1.82, 2.24) is 5.32 Å². The number of anilines is 1. The molecule has 0 radical (unpaired) electrons. The molecule has 1 aromatic rings. The monoisotopic (exact) mass is 292 g/mol. The number of rotatable bonds is 4. The van der Waals surface area contributed by atoms with Crippen LogP contribution in [0.2, 0.25) is 0 Å². The first-order valence-electron chi connectivity index (χ1n) is 6.99. The summed E-state index contributed by atoms with van der Waals surface area (Å²) in [6, 6.07) is 3.02. The molecule has 1 aromatic carbocycles. The molecule has 0 spiro atoms. The van der Waals surface area contributed by atoms with Crippen LogP contribution in [0.25, 0.3) is 0 Å². The Morgan fingerprint density at radius 3 is 2.33 bits per heavy atom. The molecule has 0 bridgehead atoms. The first kappa shape index (κ1) is 17.0. The van der Waals surface area contributed by atoms with Gasteiger partial charge >= 0.3 is 12.0 Å². The molecule has 0 saturated heterocycles. The van der Waals surface area contributed by atoms with Crippen LogP contribution in [0, 0.1) is 19.3 Å². The molecule has 5 heteroatoms. The Morgan fingerprint density at radius 1 is 1.19 bits per heavy atom. The maximum absolute atomic E-state index is 11.9. The molecule has 1 rings (SSSR count). The van der Waals surface area contributed by atoms with Crippen LogP contribution < -0.4 is 10.6 Å². The summed E-state index contributed by atoms with van der Waals surface area (Å²) in [5, 5.41) is 14.6. The summed E-state index contributed by atoms with van der Waals surface area (Å²) in [7, 11) is 0. The van der Waals surface area contributed by atoms with Gasteiger partial charge in [0.05, 0.1) is 11.3 Å². The second kappa shape index (κ2) is 6.61. The van der Waals surface area contributed by atoms with E-state index in [1.165, 1.54) is 0 Å². The number of hydrogen-bond donors (Lipinski definition) is 3. The molecule has 0 atom stereocenters. The van der Waals surface area contributed by atoms with Gasteiger partial charge in [0.2, 0.25) is 0 Å². The molecule has 2 amide bonds. The van der Waals surface area contributed by atoms with E-state index in [2.05, 4.69) is 31.4 Å². The van der Waals surface area contributed by atoms with Crippen LogP contribution in [0.4, 0.5) is 10.5 Å². The Kier molecular flexibility index (Phi) is 5.35. The normalized spacial score (nSPS) is 11.1. The molecule has 116 valence electrons. The number of urea groups is 1. The second-order valence-electron chi connectivity index (χ2n) is 6.50. The van der Waals surface area contributed by atoms with Gasteiger partial charge in [-0.1, -0.05) is 26.8 Å². The number of carboxylic acid groups (broad SMARTS) is 1. The second-order valence-corrected chi connectivity index (χ2v) is 6.50. The van der Waals surface area contributed by atoms with E-state index in [-0.39, 0.29) is 17.0 Å². The lowest BCUT2D eigenvalue weighted by Crippen LogP contribution is -2.32. The molecule has 3 N–H and O–H groups in total. The van der Waals surface area contributed by atoms with Gasteiger partial charge in [-0.15, -0.1) is 0 Å². The number of carboxylic acids is 1. The number of benzene rings is 1. The largest absolute Gasteiger partial charge is 0.478 e. The zero-order chi connectivity index (χ0) is 16.2. The predicted octanol–water partition coefficient (Wildman–Crippen LogP) is 3.56. The van der Waals surface area contributed by atoms with Gasteiger partial charge in [0.1, 0.15) is 0 Å². The average Bonchev–Trinajstić information content (AvgIpc) is 2.30. The van der Waals surface area contributed by atoms with Crippen molar-refractivity contribution in [2.75, 3.05) is 11.9 Å². The summed E-state index contributed by atoms with van der Waals surface area (Å²) < 4.78 is 0. The van der Waals surface area contributed by atoms with E-state index in [9.17, 15) is 14.7 Å². The smallest absolute Gasteiger partial charge is 0.337 e. The highest BCUT2D eigenvalue weighted by molar-refractivity contribution is 6.01. The van der Waals surface area contributed by atoms with Gasteiger partial charge in [-0.25, -0.2) is 9.59 Å². The van der Waals surface area contributed by atoms with Crippen molar-refractivity contribution in [1.29, 1.82) is 0 Å². The van der Waals surface area contributed by atoms with Crippen LogP contribution in [-0.2, 0) is 0 Å². The van der Waals surface area contributed by atoms with Crippen molar-refractivity contribution in [3.05, 3.63) is 28.8 Å². The van der Waals surface area contributed by atoms with Crippen molar-refractivity contribution in [2.24, 2.45) is 5.41 Å². The van der Waals surface area contributed by atoms with Crippen LogP contribution in [0.1, 0.15) is 48.7 Å². The predicted molar refractivity (Wildman–Crippen MR) is 84.0 cm³/mol. The fourth-order valence-electron chi connectivity index (χ4n) is 2.01. The molecule has 0 unspecified atom stereocenters. The van der Waals surface area contributed by atoms with Crippen molar-refractivity contribution in [3.63, 3.8) is 0 Å². The van der Waals surface area contributed by atoms with E-state index in [1.54, 1.807) is 13.0 Å². The minimum atomic E-state index is -1.05. The third-order valence-corrected chi connectivity index (χ3v) is 3.11. The minimum Gasteiger partial charge on any atom is -0.478 e. The molecule has 0 aromatic heterocycles. The van der Waals surface area contributed by atoms with Crippen molar-refractivity contribution >= 4 is 17.7 Å². The molecule has 5 nitrogen and oxygen atoms in total. The summed E-state index contributed by atoms with van der Waals surface area (Å²) >= 11 is 0. The summed E-state index contributed by atoms with van der Waals surface area (Å²) in [5.41, 5.74) is 2.18. The van der Waals surface area contributed by atoms with E-state index in [1.807, 2.05) is 13.0 Å². The summed E-state index contributed by atoms with van der Waals surface area (Å²) in [6.07, 6.45) is 0.846. The Bertz CT molecular complexity index is 545. The third-order valence-electron chi connectivity index (χ3n) is 3.11.